The van der Waals surface area contributed by atoms with Crippen molar-refractivity contribution in [3.63, 3.8) is 0 Å². The van der Waals surface area contributed by atoms with Crippen molar-refractivity contribution in [1.82, 2.24) is 0 Å². The summed E-state index contributed by atoms with van der Waals surface area (Å²) in [6.45, 7) is 6.32. The highest BCUT2D eigenvalue weighted by Crippen LogP contribution is 2.17. The van der Waals surface area contributed by atoms with Gasteiger partial charge in [0.25, 0.3) is 0 Å². The van der Waals surface area contributed by atoms with Crippen LogP contribution in [-0.2, 0) is 27.7 Å². The molecule has 0 aliphatic rings. The van der Waals surface area contributed by atoms with Gasteiger partial charge in [-0.1, -0.05) is 0 Å². The Morgan fingerprint density at radius 3 is 1.78 bits per heavy atom. The summed E-state index contributed by atoms with van der Waals surface area (Å²) in [5.41, 5.74) is 0. The summed E-state index contributed by atoms with van der Waals surface area (Å²) in [6.07, 6.45) is 0. The molecule has 0 heterocycles. The van der Waals surface area contributed by atoms with Gasteiger partial charge in [-0.2, -0.15) is 8.42 Å². The maximum Gasteiger partial charge on any atom is 0.502 e. The van der Waals surface area contributed by atoms with E-state index in [4.69, 9.17) is 13.3 Å². The Morgan fingerprint density at radius 2 is 1.44 bits per heavy atom. The fourth-order valence-electron chi connectivity index (χ4n) is 1.33. The summed E-state index contributed by atoms with van der Waals surface area (Å²) in [5, 5.41) is 1.90. The first-order chi connectivity index (χ1) is 8.45. The van der Waals surface area contributed by atoms with Gasteiger partial charge in [-0.15, -0.1) is 4.91 Å². The largest absolute Gasteiger partial charge is 0.502 e. The molecule has 0 aromatic heterocycles. The smallest absolute Gasteiger partial charge is 0.374 e. The van der Waals surface area contributed by atoms with Gasteiger partial charge in [-0.25, -0.2) is 4.28 Å². The van der Waals surface area contributed by atoms with Crippen molar-refractivity contribution >= 4 is 18.9 Å². The van der Waals surface area contributed by atoms with Crippen LogP contribution >= 0.6 is 0 Å². The highest BCUT2D eigenvalue weighted by Gasteiger charge is 2.42. The van der Waals surface area contributed by atoms with Gasteiger partial charge in [0.1, 0.15) is 0 Å². The average molecular weight is 301 g/mol. The van der Waals surface area contributed by atoms with E-state index in [0.29, 0.717) is 19.8 Å². The Hall–Kier alpha value is -0.553. The molecule has 18 heavy (non-hydrogen) atoms. The summed E-state index contributed by atoms with van der Waals surface area (Å²) < 4.78 is 42.6. The van der Waals surface area contributed by atoms with E-state index >= 15 is 0 Å². The van der Waals surface area contributed by atoms with Gasteiger partial charge < -0.3 is 13.3 Å². The average Bonchev–Trinajstić information content (AvgIpc) is 2.28. The van der Waals surface area contributed by atoms with E-state index in [1.54, 1.807) is 20.8 Å². The molecule has 0 aromatic rings. The zero-order valence-corrected chi connectivity index (χ0v) is 12.6. The fraction of sp³-hybridized carbons (Fsp3) is 1.00. The van der Waals surface area contributed by atoms with Crippen LogP contribution in [0.25, 0.3) is 0 Å². The Balaban J connectivity index is 4.70. The van der Waals surface area contributed by atoms with E-state index in [-0.39, 0.29) is 6.04 Å². The third kappa shape index (κ3) is 6.40. The van der Waals surface area contributed by atoms with E-state index in [0.717, 1.165) is 0 Å². The molecule has 108 valence electrons. The zero-order chi connectivity index (χ0) is 14.1. The summed E-state index contributed by atoms with van der Waals surface area (Å²) in [5.74, 6) is -0.440. The molecule has 0 amide bonds. The molecule has 0 radical (unpaired) electrons. The molecule has 0 atom stereocenters. The molecule has 0 saturated heterocycles. The summed E-state index contributed by atoms with van der Waals surface area (Å²) >= 11 is 0. The molecular formula is C8H19NO7SSi. The maximum absolute atomic E-state index is 11.2. The van der Waals surface area contributed by atoms with E-state index in [9.17, 15) is 13.3 Å². The van der Waals surface area contributed by atoms with Gasteiger partial charge in [0, 0.05) is 25.9 Å². The van der Waals surface area contributed by atoms with Crippen molar-refractivity contribution in [2.75, 3.05) is 25.6 Å². The molecule has 0 spiro atoms. The first kappa shape index (κ1) is 17.4. The van der Waals surface area contributed by atoms with Crippen molar-refractivity contribution in [2.24, 2.45) is 5.34 Å². The second kappa shape index (κ2) is 8.53. The third-order valence-corrected chi connectivity index (χ3v) is 6.30. The number of hydrogen-bond acceptors (Lipinski definition) is 8. The minimum Gasteiger partial charge on any atom is -0.374 e. The summed E-state index contributed by atoms with van der Waals surface area (Å²) in [4.78, 5) is 9.79. The predicted octanol–water partition coefficient (Wildman–Crippen LogP) is 1.06. The second-order valence-electron chi connectivity index (χ2n) is 3.14. The van der Waals surface area contributed by atoms with Crippen LogP contribution in [0.15, 0.2) is 5.34 Å². The SMILES string of the molecule is CCO[Si](CCS(=O)(=O)ON=O)(OCC)OCC. The first-order valence-corrected chi connectivity index (χ1v) is 9.12. The predicted molar refractivity (Wildman–Crippen MR) is 66.1 cm³/mol. The van der Waals surface area contributed by atoms with Crippen LogP contribution in [0.1, 0.15) is 20.8 Å². The lowest BCUT2D eigenvalue weighted by Crippen LogP contribution is -2.47. The normalized spacial score (nSPS) is 12.4. The summed E-state index contributed by atoms with van der Waals surface area (Å²) in [6, 6.07) is 0.0143. The van der Waals surface area contributed by atoms with E-state index < -0.39 is 24.7 Å². The molecule has 0 N–H and O–H groups in total. The standard InChI is InChI=1S/C8H19NO7SSi/c1-4-13-18(14-5-2,15-6-3)8-7-17(11,12)16-9-10/h4-8H2,1-3H3. The fourth-order valence-corrected chi connectivity index (χ4v) is 5.50. The number of rotatable bonds is 11. The zero-order valence-electron chi connectivity index (χ0n) is 10.7. The maximum atomic E-state index is 11.2. The number of hydrogen-bond donors (Lipinski definition) is 0. The Morgan fingerprint density at radius 1 is 1.00 bits per heavy atom. The van der Waals surface area contributed by atoms with E-state index in [1.807, 2.05) is 5.34 Å². The molecule has 0 aliphatic heterocycles. The van der Waals surface area contributed by atoms with Crippen LogP contribution in [0.4, 0.5) is 0 Å². The van der Waals surface area contributed by atoms with Crippen molar-refractivity contribution in [2.45, 2.75) is 26.8 Å². The lowest BCUT2D eigenvalue weighted by molar-refractivity contribution is 0.0725. The molecule has 8 nitrogen and oxygen atoms in total. The highest BCUT2D eigenvalue weighted by atomic mass is 32.2. The monoisotopic (exact) mass is 301 g/mol. The topological polar surface area (TPSA) is 100 Å². The van der Waals surface area contributed by atoms with Crippen LogP contribution in [0.2, 0.25) is 6.04 Å². The van der Waals surface area contributed by atoms with Crippen LogP contribution in [0.5, 0.6) is 0 Å². The van der Waals surface area contributed by atoms with Gasteiger partial charge in [-0.3, -0.25) is 0 Å². The molecule has 0 unspecified atom stereocenters. The van der Waals surface area contributed by atoms with Crippen LogP contribution in [0, 0.1) is 4.91 Å². The van der Waals surface area contributed by atoms with Crippen LogP contribution in [-0.4, -0.2) is 42.8 Å². The number of nitrogens with zero attached hydrogens (tertiary/aromatic N) is 1. The highest BCUT2D eigenvalue weighted by molar-refractivity contribution is 7.86. The lowest BCUT2D eigenvalue weighted by atomic mass is 10.9. The molecule has 0 bridgehead atoms. The third-order valence-electron chi connectivity index (χ3n) is 1.89. The molecule has 0 aromatic carbocycles. The van der Waals surface area contributed by atoms with Gasteiger partial charge in [0.05, 0.1) is 5.75 Å². The van der Waals surface area contributed by atoms with Crippen molar-refractivity contribution in [3.8, 4) is 0 Å². The molecular weight excluding hydrogens is 282 g/mol. The summed E-state index contributed by atoms with van der Waals surface area (Å²) in [7, 11) is -7.04. The van der Waals surface area contributed by atoms with Crippen molar-refractivity contribution in [3.05, 3.63) is 4.91 Å². The Bertz CT molecular complexity index is 317. The van der Waals surface area contributed by atoms with Gasteiger partial charge >= 0.3 is 18.9 Å². The molecule has 0 rings (SSSR count). The van der Waals surface area contributed by atoms with Gasteiger partial charge in [0.15, 0.2) is 5.34 Å². The van der Waals surface area contributed by atoms with Gasteiger partial charge in [0.2, 0.25) is 0 Å². The first-order valence-electron chi connectivity index (χ1n) is 5.61. The minimum absolute atomic E-state index is 0.0143. The molecule has 0 aliphatic carbocycles. The van der Waals surface area contributed by atoms with Crippen LogP contribution in [0.3, 0.4) is 0 Å². The Labute approximate surface area is 108 Å². The molecule has 0 saturated carbocycles. The van der Waals surface area contributed by atoms with Crippen molar-refractivity contribution in [1.29, 1.82) is 0 Å². The van der Waals surface area contributed by atoms with Gasteiger partial charge in [-0.05, 0) is 20.8 Å². The van der Waals surface area contributed by atoms with Crippen LogP contribution < -0.4 is 0 Å². The molecule has 10 heteroatoms. The Kier molecular flexibility index (Phi) is 8.27. The van der Waals surface area contributed by atoms with Crippen molar-refractivity contribution < 1.29 is 26.0 Å². The lowest BCUT2D eigenvalue weighted by Gasteiger charge is -2.27. The quantitative estimate of drug-likeness (QED) is 0.319. The minimum atomic E-state index is -4.00. The molecule has 0 fully saturated rings. The second-order valence-corrected chi connectivity index (χ2v) is 7.55. The van der Waals surface area contributed by atoms with E-state index in [2.05, 4.69) is 4.28 Å². The van der Waals surface area contributed by atoms with E-state index in [1.165, 1.54) is 0 Å².